The van der Waals surface area contributed by atoms with E-state index in [0.29, 0.717) is 6.42 Å². The van der Waals surface area contributed by atoms with Crippen LogP contribution in [0.5, 0.6) is 0 Å². The Morgan fingerprint density at radius 2 is 1.17 bits per heavy atom. The van der Waals surface area contributed by atoms with Gasteiger partial charge in [-0.3, -0.25) is 9.59 Å². The molecule has 7 nitrogen and oxygen atoms in total. The van der Waals surface area contributed by atoms with E-state index >= 15 is 0 Å². The summed E-state index contributed by atoms with van der Waals surface area (Å²) in [4.78, 5) is 23.5. The van der Waals surface area contributed by atoms with E-state index in [2.05, 4.69) is 11.7 Å². The third kappa shape index (κ3) is 23.7. The molecule has 0 aliphatic carbocycles. The number of hydrogen-bond acceptors (Lipinski definition) is 7. The van der Waals surface area contributed by atoms with Crippen LogP contribution in [-0.4, -0.2) is 36.8 Å². The van der Waals surface area contributed by atoms with E-state index in [1.54, 1.807) is 6.92 Å². The van der Waals surface area contributed by atoms with Crippen LogP contribution in [0.25, 0.3) is 0 Å². The minimum Gasteiger partial charge on any atom is -0.747 e. The number of allylic oxidation sites excluding steroid dienone is 1. The molecule has 0 saturated carbocycles. The number of carbonyl (C=O) groups is 2. The summed E-state index contributed by atoms with van der Waals surface area (Å²) in [5, 5.41) is -2.09. The predicted molar refractivity (Wildman–Crippen MR) is 134 cm³/mol. The van der Waals surface area contributed by atoms with Gasteiger partial charge in [-0.05, 0) is 13.3 Å². The van der Waals surface area contributed by atoms with Gasteiger partial charge in [0.25, 0.3) is 0 Å². The average Bonchev–Trinajstić information content (AvgIpc) is 2.79. The molecule has 0 N–H and O–H groups in total. The number of carbonyl (C=O) groups excluding carboxylic acids is 2. The van der Waals surface area contributed by atoms with Gasteiger partial charge in [-0.1, -0.05) is 116 Å². The van der Waals surface area contributed by atoms with E-state index in [0.717, 1.165) is 25.5 Å². The Kier molecular flexibility index (Phi) is 26.5. The zero-order chi connectivity index (χ0) is 25.5. The van der Waals surface area contributed by atoms with Crippen molar-refractivity contribution in [3.05, 3.63) is 12.3 Å². The van der Waals surface area contributed by atoms with Crippen molar-refractivity contribution in [3.8, 4) is 0 Å². The van der Waals surface area contributed by atoms with Crippen molar-refractivity contribution in [1.82, 2.24) is 0 Å². The Morgan fingerprint density at radius 3 is 1.54 bits per heavy atom. The summed E-state index contributed by atoms with van der Waals surface area (Å²) in [6, 6.07) is 0. The molecule has 0 aliphatic heterocycles. The summed E-state index contributed by atoms with van der Waals surface area (Å²) in [6.07, 6.45) is 22.8. The van der Waals surface area contributed by atoms with Crippen LogP contribution in [0.15, 0.2) is 12.3 Å². The molecule has 0 aromatic heterocycles. The SMILES string of the molecule is C/C=C/OC(=O)C(CC(=O)OCCCCCCCCCCCCCCCCCCC)S(=O)(=O)[O-].[Na+]. The molecule has 9 heteroatoms. The molecule has 200 valence electrons. The zero-order valence-electron chi connectivity index (χ0n) is 22.4. The van der Waals surface area contributed by atoms with E-state index in [-0.39, 0.29) is 36.2 Å². The summed E-state index contributed by atoms with van der Waals surface area (Å²) >= 11 is 0. The molecule has 0 aliphatic rings. The zero-order valence-corrected chi connectivity index (χ0v) is 25.2. The predicted octanol–water partition coefficient (Wildman–Crippen LogP) is 3.57. The molecule has 0 fully saturated rings. The van der Waals surface area contributed by atoms with Crippen LogP contribution < -0.4 is 29.6 Å². The Bertz CT molecular complexity index is 650. The first-order valence-corrected chi connectivity index (χ1v) is 14.7. The Morgan fingerprint density at radius 1 is 0.771 bits per heavy atom. The van der Waals surface area contributed by atoms with Crippen LogP contribution in [0.1, 0.15) is 129 Å². The largest absolute Gasteiger partial charge is 1.00 e. The Hall–Kier alpha value is -0.410. The Labute approximate surface area is 236 Å². The van der Waals surface area contributed by atoms with Crippen molar-refractivity contribution in [1.29, 1.82) is 0 Å². The molecule has 0 bridgehead atoms. The van der Waals surface area contributed by atoms with E-state index in [4.69, 9.17) is 4.74 Å². The van der Waals surface area contributed by atoms with Crippen LogP contribution in [0.3, 0.4) is 0 Å². The summed E-state index contributed by atoms with van der Waals surface area (Å²) < 4.78 is 43.2. The first-order chi connectivity index (χ1) is 16.3. The minimum atomic E-state index is -5.01. The van der Waals surface area contributed by atoms with Crippen molar-refractivity contribution in [2.75, 3.05) is 6.61 Å². The average molecular weight is 527 g/mol. The van der Waals surface area contributed by atoms with Crippen LogP contribution in [0.2, 0.25) is 0 Å². The first kappa shape index (κ1) is 36.7. The number of rotatable bonds is 23. The standard InChI is InChI=1S/C26H48O7S.Na/c1-3-5-6-7-8-9-10-11-12-13-14-15-16-17-18-19-20-22-32-25(27)23-24(34(29,30)31)26(28)33-21-4-2;/h4,21,24H,3,5-20,22-23H2,1-2H3,(H,29,30,31);/q;+1/p-1/b21-4+;. The van der Waals surface area contributed by atoms with Gasteiger partial charge >= 0.3 is 41.5 Å². The second-order valence-corrected chi connectivity index (χ2v) is 10.5. The normalized spacial score (nSPS) is 12.3. The summed E-state index contributed by atoms with van der Waals surface area (Å²) in [7, 11) is -5.01. The van der Waals surface area contributed by atoms with Crippen molar-refractivity contribution in [2.45, 2.75) is 135 Å². The molecule has 0 saturated heterocycles. The smallest absolute Gasteiger partial charge is 0.747 e. The molecule has 0 heterocycles. The molecule has 1 unspecified atom stereocenters. The number of unbranched alkanes of at least 4 members (excludes halogenated alkanes) is 16. The molecule has 0 radical (unpaired) electrons. The quantitative estimate of drug-likeness (QED) is 0.0658. The first-order valence-electron chi connectivity index (χ1n) is 13.2. The molecule has 35 heavy (non-hydrogen) atoms. The van der Waals surface area contributed by atoms with Gasteiger partial charge in [-0.2, -0.15) is 0 Å². The van der Waals surface area contributed by atoms with Gasteiger partial charge in [0.15, 0.2) is 5.25 Å². The van der Waals surface area contributed by atoms with Crippen LogP contribution in [0.4, 0.5) is 0 Å². The summed E-state index contributed by atoms with van der Waals surface area (Å²) in [5.74, 6) is -2.17. The molecule has 0 aromatic rings. The molecular formula is C26H47NaO7S. The van der Waals surface area contributed by atoms with Crippen molar-refractivity contribution in [2.24, 2.45) is 0 Å². The molecule has 1 atom stereocenters. The molecule has 0 spiro atoms. The molecule has 0 rings (SSSR count). The van der Waals surface area contributed by atoms with E-state index in [1.807, 2.05) is 0 Å². The summed E-state index contributed by atoms with van der Waals surface area (Å²) in [5.41, 5.74) is 0. The fourth-order valence-electron chi connectivity index (χ4n) is 3.74. The maximum atomic E-state index is 11.8. The summed E-state index contributed by atoms with van der Waals surface area (Å²) in [6.45, 7) is 3.96. The number of esters is 2. The molecule has 0 amide bonds. The van der Waals surface area contributed by atoms with Crippen molar-refractivity contribution >= 4 is 22.1 Å². The van der Waals surface area contributed by atoms with Gasteiger partial charge in [0.2, 0.25) is 0 Å². The fraction of sp³-hybridized carbons (Fsp3) is 0.846. The third-order valence-corrected chi connectivity index (χ3v) is 6.85. The monoisotopic (exact) mass is 526 g/mol. The van der Waals surface area contributed by atoms with Gasteiger partial charge < -0.3 is 14.0 Å². The van der Waals surface area contributed by atoms with Gasteiger partial charge in [0, 0.05) is 0 Å². The topological polar surface area (TPSA) is 110 Å². The maximum Gasteiger partial charge on any atom is 1.00 e. The van der Waals surface area contributed by atoms with Gasteiger partial charge in [-0.25, -0.2) is 8.42 Å². The van der Waals surface area contributed by atoms with Gasteiger partial charge in [0.1, 0.15) is 10.1 Å². The molecule has 0 aromatic carbocycles. The minimum absolute atomic E-state index is 0. The van der Waals surface area contributed by atoms with Crippen LogP contribution >= 0.6 is 0 Å². The second kappa shape index (κ2) is 25.2. The van der Waals surface area contributed by atoms with E-state index in [1.165, 1.54) is 89.5 Å². The number of hydrogen-bond donors (Lipinski definition) is 0. The second-order valence-electron chi connectivity index (χ2n) is 8.97. The van der Waals surface area contributed by atoms with Crippen LogP contribution in [0, 0.1) is 0 Å². The number of ether oxygens (including phenoxy) is 2. The van der Waals surface area contributed by atoms with Crippen molar-refractivity contribution in [3.63, 3.8) is 0 Å². The van der Waals surface area contributed by atoms with E-state index < -0.39 is 33.7 Å². The fourth-order valence-corrected chi connectivity index (χ4v) is 4.37. The van der Waals surface area contributed by atoms with Gasteiger partial charge in [0.05, 0.1) is 19.3 Å². The Balaban J connectivity index is 0. The van der Waals surface area contributed by atoms with E-state index in [9.17, 15) is 22.6 Å². The maximum absolute atomic E-state index is 11.8. The molecular weight excluding hydrogens is 479 g/mol. The van der Waals surface area contributed by atoms with Crippen LogP contribution in [-0.2, 0) is 29.2 Å². The third-order valence-electron chi connectivity index (χ3n) is 5.79. The van der Waals surface area contributed by atoms with Crippen molar-refractivity contribution < 1.29 is 61.6 Å². The van der Waals surface area contributed by atoms with Gasteiger partial charge in [-0.15, -0.1) is 0 Å².